The molecule has 1 amide bonds. The molecule has 0 radical (unpaired) electrons. The van der Waals surface area contributed by atoms with Crippen LogP contribution in [0.25, 0.3) is 0 Å². The molecule has 1 fully saturated rings. The van der Waals surface area contributed by atoms with Gasteiger partial charge in [0.25, 0.3) is 5.91 Å². The van der Waals surface area contributed by atoms with Crippen LogP contribution in [0.2, 0.25) is 0 Å². The third kappa shape index (κ3) is 3.18. The van der Waals surface area contributed by atoms with E-state index in [1.807, 2.05) is 18.7 Å². The van der Waals surface area contributed by atoms with E-state index in [1.54, 1.807) is 7.11 Å². The lowest BCUT2D eigenvalue weighted by Crippen LogP contribution is -2.55. The highest BCUT2D eigenvalue weighted by Crippen LogP contribution is 2.18. The number of carbonyl (C=O) groups is 1. The summed E-state index contributed by atoms with van der Waals surface area (Å²) in [4.78, 5) is 16.2. The number of piperazine rings is 1. The molecule has 1 aliphatic heterocycles. The quantitative estimate of drug-likeness (QED) is 0.669. The van der Waals surface area contributed by atoms with Gasteiger partial charge in [-0.25, -0.2) is 0 Å². The molecule has 1 heterocycles. The van der Waals surface area contributed by atoms with Crippen molar-refractivity contribution in [1.29, 1.82) is 5.26 Å². The van der Waals surface area contributed by atoms with Crippen molar-refractivity contribution in [2.45, 2.75) is 25.9 Å². The van der Waals surface area contributed by atoms with E-state index < -0.39 is 5.60 Å². The first-order valence-electron chi connectivity index (χ1n) is 6.01. The molecule has 96 valence electrons. The van der Waals surface area contributed by atoms with Crippen LogP contribution in [0.1, 0.15) is 20.3 Å². The summed E-state index contributed by atoms with van der Waals surface area (Å²) >= 11 is 0. The van der Waals surface area contributed by atoms with E-state index in [-0.39, 0.29) is 5.91 Å². The van der Waals surface area contributed by atoms with Gasteiger partial charge in [-0.3, -0.25) is 9.69 Å². The Kier molecular flexibility index (Phi) is 4.91. The van der Waals surface area contributed by atoms with Gasteiger partial charge in [-0.05, 0) is 13.3 Å². The monoisotopic (exact) mass is 239 g/mol. The van der Waals surface area contributed by atoms with Gasteiger partial charge < -0.3 is 9.64 Å². The van der Waals surface area contributed by atoms with Gasteiger partial charge >= 0.3 is 0 Å². The lowest BCUT2D eigenvalue weighted by atomic mass is 10.0. The summed E-state index contributed by atoms with van der Waals surface area (Å²) in [6, 6.07) is 2.13. The number of rotatable bonds is 4. The lowest BCUT2D eigenvalue weighted by Gasteiger charge is -2.38. The maximum Gasteiger partial charge on any atom is 0.254 e. The first-order valence-corrected chi connectivity index (χ1v) is 6.01. The molecule has 0 N–H and O–H groups in total. The van der Waals surface area contributed by atoms with Crippen molar-refractivity contribution in [3.63, 3.8) is 0 Å². The maximum absolute atomic E-state index is 12.3. The second kappa shape index (κ2) is 5.99. The van der Waals surface area contributed by atoms with Crippen LogP contribution in [0, 0.1) is 11.3 Å². The minimum absolute atomic E-state index is 0.0547. The first kappa shape index (κ1) is 13.9. The molecule has 1 rings (SSSR count). The number of carbonyl (C=O) groups excluding carboxylic acids is 1. The van der Waals surface area contributed by atoms with Crippen molar-refractivity contribution in [1.82, 2.24) is 9.80 Å². The second-order valence-electron chi connectivity index (χ2n) is 4.51. The molecule has 5 heteroatoms. The van der Waals surface area contributed by atoms with E-state index >= 15 is 0 Å². The van der Waals surface area contributed by atoms with Gasteiger partial charge in [-0.1, -0.05) is 6.92 Å². The maximum atomic E-state index is 12.3. The first-order chi connectivity index (χ1) is 8.07. The van der Waals surface area contributed by atoms with Crippen LogP contribution < -0.4 is 0 Å². The van der Waals surface area contributed by atoms with Crippen molar-refractivity contribution in [2.24, 2.45) is 0 Å². The molecular weight excluding hydrogens is 218 g/mol. The average molecular weight is 239 g/mol. The van der Waals surface area contributed by atoms with Crippen LogP contribution >= 0.6 is 0 Å². The molecule has 1 aliphatic rings. The Morgan fingerprint density at radius 3 is 2.41 bits per heavy atom. The fourth-order valence-corrected chi connectivity index (χ4v) is 1.93. The smallest absolute Gasteiger partial charge is 0.254 e. The number of ether oxygens (including phenoxy) is 1. The van der Waals surface area contributed by atoms with Gasteiger partial charge in [-0.15, -0.1) is 0 Å². The summed E-state index contributed by atoms with van der Waals surface area (Å²) in [6.45, 7) is 7.12. The summed E-state index contributed by atoms with van der Waals surface area (Å²) < 4.78 is 5.32. The molecular formula is C12H21N3O2. The number of amides is 1. The van der Waals surface area contributed by atoms with Gasteiger partial charge in [0.05, 0.1) is 12.6 Å². The number of nitriles is 1. The van der Waals surface area contributed by atoms with E-state index in [4.69, 9.17) is 10.00 Å². The van der Waals surface area contributed by atoms with E-state index in [2.05, 4.69) is 11.0 Å². The van der Waals surface area contributed by atoms with Gasteiger partial charge in [0.15, 0.2) is 0 Å². The molecule has 0 aromatic rings. The zero-order valence-electron chi connectivity index (χ0n) is 10.9. The lowest BCUT2D eigenvalue weighted by molar-refractivity contribution is -0.155. The van der Waals surface area contributed by atoms with Crippen molar-refractivity contribution in [3.8, 4) is 6.07 Å². The van der Waals surface area contributed by atoms with Crippen LogP contribution in [0.3, 0.4) is 0 Å². The number of hydrogen-bond acceptors (Lipinski definition) is 4. The minimum Gasteiger partial charge on any atom is -0.369 e. The summed E-state index contributed by atoms with van der Waals surface area (Å²) in [6.07, 6.45) is 0.667. The third-order valence-corrected chi connectivity index (χ3v) is 3.53. The highest BCUT2D eigenvalue weighted by atomic mass is 16.5. The normalized spacial score (nSPS) is 20.7. The Balaban J connectivity index is 2.54. The SMILES string of the molecule is CCC(C)(OC)C(=O)N1CCN(CC#N)CC1. The van der Waals surface area contributed by atoms with Crippen LogP contribution in [0.4, 0.5) is 0 Å². The van der Waals surface area contributed by atoms with Crippen LogP contribution in [-0.4, -0.2) is 61.1 Å². The van der Waals surface area contributed by atoms with Crippen LogP contribution in [0.15, 0.2) is 0 Å². The zero-order valence-corrected chi connectivity index (χ0v) is 10.9. The number of methoxy groups -OCH3 is 1. The summed E-state index contributed by atoms with van der Waals surface area (Å²) in [5.74, 6) is 0.0547. The minimum atomic E-state index is -0.711. The molecule has 1 saturated heterocycles. The fourth-order valence-electron chi connectivity index (χ4n) is 1.93. The second-order valence-corrected chi connectivity index (χ2v) is 4.51. The highest BCUT2D eigenvalue weighted by molar-refractivity contribution is 5.84. The zero-order chi connectivity index (χ0) is 12.9. The fraction of sp³-hybridized carbons (Fsp3) is 0.833. The Bertz CT molecular complexity index is 299. The molecule has 0 aromatic heterocycles. The van der Waals surface area contributed by atoms with Gasteiger partial charge in [0, 0.05) is 33.3 Å². The highest BCUT2D eigenvalue weighted by Gasteiger charge is 2.36. The Morgan fingerprint density at radius 1 is 1.41 bits per heavy atom. The van der Waals surface area contributed by atoms with Crippen LogP contribution in [0.5, 0.6) is 0 Å². The summed E-state index contributed by atoms with van der Waals surface area (Å²) in [5, 5.41) is 8.61. The largest absolute Gasteiger partial charge is 0.369 e. The third-order valence-electron chi connectivity index (χ3n) is 3.53. The molecule has 0 aromatic carbocycles. The molecule has 0 saturated carbocycles. The van der Waals surface area contributed by atoms with Crippen LogP contribution in [-0.2, 0) is 9.53 Å². The number of nitrogens with zero attached hydrogens (tertiary/aromatic N) is 3. The van der Waals surface area contributed by atoms with Crippen molar-refractivity contribution < 1.29 is 9.53 Å². The Hall–Kier alpha value is -1.12. The predicted octanol–water partition coefficient (Wildman–Crippen LogP) is 0.469. The van der Waals surface area contributed by atoms with E-state index in [1.165, 1.54) is 0 Å². The Labute approximate surface area is 103 Å². The summed E-state index contributed by atoms with van der Waals surface area (Å²) in [7, 11) is 1.58. The average Bonchev–Trinajstić information content (AvgIpc) is 2.38. The van der Waals surface area contributed by atoms with E-state index in [0.717, 1.165) is 13.1 Å². The van der Waals surface area contributed by atoms with E-state index in [9.17, 15) is 4.79 Å². The van der Waals surface area contributed by atoms with Gasteiger partial charge in [0.1, 0.15) is 5.60 Å². The molecule has 1 unspecified atom stereocenters. The molecule has 0 bridgehead atoms. The number of hydrogen-bond donors (Lipinski definition) is 0. The van der Waals surface area contributed by atoms with E-state index in [0.29, 0.717) is 26.1 Å². The molecule has 17 heavy (non-hydrogen) atoms. The standard InChI is InChI=1S/C12H21N3O2/c1-4-12(2,17-3)11(16)15-9-7-14(6-5-13)8-10-15/h4,6-10H2,1-3H3. The molecule has 5 nitrogen and oxygen atoms in total. The van der Waals surface area contributed by atoms with Gasteiger partial charge in [0.2, 0.25) is 0 Å². The topological polar surface area (TPSA) is 56.6 Å². The van der Waals surface area contributed by atoms with Crippen molar-refractivity contribution >= 4 is 5.91 Å². The predicted molar refractivity (Wildman–Crippen MR) is 64.3 cm³/mol. The Morgan fingerprint density at radius 2 is 2.00 bits per heavy atom. The molecule has 1 atom stereocenters. The molecule has 0 spiro atoms. The van der Waals surface area contributed by atoms with Gasteiger partial charge in [-0.2, -0.15) is 5.26 Å². The molecule has 0 aliphatic carbocycles. The van der Waals surface area contributed by atoms with Crippen molar-refractivity contribution in [3.05, 3.63) is 0 Å². The summed E-state index contributed by atoms with van der Waals surface area (Å²) in [5.41, 5.74) is -0.711. The van der Waals surface area contributed by atoms with Crippen molar-refractivity contribution in [2.75, 3.05) is 39.8 Å².